The number of hydrogen-bond acceptors (Lipinski definition) is 4. The highest BCUT2D eigenvalue weighted by Crippen LogP contribution is 2.23. The van der Waals surface area contributed by atoms with Crippen LogP contribution in [0.15, 0.2) is 60.7 Å². The molecule has 0 fully saturated rings. The Morgan fingerprint density at radius 2 is 1.90 bits per heavy atom. The number of carbonyl (C=O) groups excluding carboxylic acids is 1. The molecule has 0 bridgehead atoms. The maximum atomic E-state index is 13.7. The number of aryl methyl sites for hydroxylation is 1. The van der Waals surface area contributed by atoms with Gasteiger partial charge in [-0.2, -0.15) is 0 Å². The van der Waals surface area contributed by atoms with E-state index in [0.717, 1.165) is 32.1 Å². The van der Waals surface area contributed by atoms with Crippen molar-refractivity contribution in [3.8, 4) is 16.9 Å². The summed E-state index contributed by atoms with van der Waals surface area (Å²) in [5.41, 5.74) is 3.16. The molecular formula is C24H22FN3O2. The van der Waals surface area contributed by atoms with E-state index in [-0.39, 0.29) is 11.7 Å². The van der Waals surface area contributed by atoms with Crippen LogP contribution in [0.2, 0.25) is 0 Å². The molecule has 3 aromatic carbocycles. The average Bonchev–Trinajstić information content (AvgIpc) is 2.79. The number of halogens is 1. The monoisotopic (exact) mass is 403 g/mol. The third-order valence-corrected chi connectivity index (χ3v) is 5.22. The maximum Gasteiger partial charge on any atom is 0.273 e. The van der Waals surface area contributed by atoms with Gasteiger partial charge in [-0.25, -0.2) is 10.2 Å². The van der Waals surface area contributed by atoms with E-state index in [4.69, 9.17) is 10.6 Å². The van der Waals surface area contributed by atoms with Crippen molar-refractivity contribution in [2.45, 2.75) is 13.1 Å². The summed E-state index contributed by atoms with van der Waals surface area (Å²) in [4.78, 5) is 12.9. The van der Waals surface area contributed by atoms with Gasteiger partial charge in [-0.05, 0) is 70.5 Å². The van der Waals surface area contributed by atoms with Gasteiger partial charge in [0.15, 0.2) is 0 Å². The zero-order valence-corrected chi connectivity index (χ0v) is 16.7. The molecule has 0 saturated heterocycles. The van der Waals surface area contributed by atoms with E-state index < -0.39 is 6.17 Å². The second kappa shape index (κ2) is 8.00. The highest BCUT2D eigenvalue weighted by Gasteiger charge is 2.23. The van der Waals surface area contributed by atoms with E-state index in [1.807, 2.05) is 37.4 Å². The van der Waals surface area contributed by atoms with Gasteiger partial charge in [-0.15, -0.1) is 0 Å². The molecule has 6 heteroatoms. The largest absolute Gasteiger partial charge is 0.496 e. The topological polar surface area (TPSA) is 67.6 Å². The first-order valence-corrected chi connectivity index (χ1v) is 9.54. The fourth-order valence-corrected chi connectivity index (χ4v) is 3.56. The maximum absolute atomic E-state index is 13.7. The Labute approximate surface area is 173 Å². The lowest BCUT2D eigenvalue weighted by atomic mass is 9.98. The number of nitrogens with one attached hydrogen (secondary N) is 1. The predicted octanol–water partition coefficient (Wildman–Crippen LogP) is 2.27. The number of nitrogens with zero attached hydrogens (tertiary/aromatic N) is 1. The van der Waals surface area contributed by atoms with Crippen molar-refractivity contribution < 1.29 is 13.9 Å². The van der Waals surface area contributed by atoms with Crippen LogP contribution in [0, 0.1) is 12.7 Å². The van der Waals surface area contributed by atoms with Crippen LogP contribution >= 0.6 is 0 Å². The zero-order valence-electron chi connectivity index (χ0n) is 16.7. The van der Waals surface area contributed by atoms with Crippen molar-refractivity contribution in [2.75, 3.05) is 7.11 Å². The Balaban J connectivity index is 1.64. The van der Waals surface area contributed by atoms with Gasteiger partial charge in [0.2, 0.25) is 0 Å². The molecule has 152 valence electrons. The Hall–Kier alpha value is -3.64. The van der Waals surface area contributed by atoms with Crippen LogP contribution < -0.4 is 26.3 Å². The van der Waals surface area contributed by atoms with Crippen LogP contribution in [0.1, 0.15) is 15.9 Å². The van der Waals surface area contributed by atoms with Crippen molar-refractivity contribution in [1.82, 2.24) is 10.3 Å². The fourth-order valence-electron chi connectivity index (χ4n) is 3.56. The second-order valence-electron chi connectivity index (χ2n) is 7.14. The molecule has 5 nitrogen and oxygen atoms in total. The molecule has 1 atom stereocenters. The summed E-state index contributed by atoms with van der Waals surface area (Å²) in [6.07, 6.45) is 3.18. The number of carbonyl (C=O) groups is 1. The smallest absolute Gasteiger partial charge is 0.273 e. The van der Waals surface area contributed by atoms with Crippen molar-refractivity contribution >= 4 is 18.2 Å². The lowest BCUT2D eigenvalue weighted by molar-refractivity contribution is 0.0708. The Kier molecular flexibility index (Phi) is 5.25. The van der Waals surface area contributed by atoms with E-state index in [9.17, 15) is 9.18 Å². The summed E-state index contributed by atoms with van der Waals surface area (Å²) >= 11 is 0. The van der Waals surface area contributed by atoms with Crippen LogP contribution in [-0.2, 0) is 0 Å². The number of para-hydroxylation sites is 1. The molecule has 0 radical (unpaired) electrons. The number of benzene rings is 3. The summed E-state index contributed by atoms with van der Waals surface area (Å²) in [5, 5.41) is 6.16. The predicted molar refractivity (Wildman–Crippen MR) is 115 cm³/mol. The van der Waals surface area contributed by atoms with Gasteiger partial charge < -0.3 is 10.1 Å². The summed E-state index contributed by atoms with van der Waals surface area (Å²) in [6.45, 7) is 1.95. The Bertz CT molecular complexity index is 1240. The van der Waals surface area contributed by atoms with Crippen molar-refractivity contribution in [1.29, 1.82) is 0 Å². The van der Waals surface area contributed by atoms with Gasteiger partial charge in [0.05, 0.1) is 12.7 Å². The minimum Gasteiger partial charge on any atom is -0.496 e. The Morgan fingerprint density at radius 3 is 2.70 bits per heavy atom. The first-order valence-electron chi connectivity index (χ1n) is 9.54. The van der Waals surface area contributed by atoms with Crippen LogP contribution in [0.3, 0.4) is 0 Å². The van der Waals surface area contributed by atoms with Crippen molar-refractivity contribution in [3.63, 3.8) is 0 Å². The Morgan fingerprint density at radius 1 is 1.10 bits per heavy atom. The number of fused-ring (bicyclic) bond motifs is 1. The quantitative estimate of drug-likeness (QED) is 0.399. The van der Waals surface area contributed by atoms with Gasteiger partial charge in [-0.1, -0.05) is 30.3 Å². The van der Waals surface area contributed by atoms with E-state index in [1.165, 1.54) is 19.2 Å². The number of ether oxygens (including phenoxy) is 1. The standard InChI is InChI=1S/C24H22FN3O2/c1-15-7-10-19(25)13-21(15)17-9-8-16-12-23(27-14-18(16)11-17)28(26)24(29)20-5-3-4-6-22(20)30-2/h3-14,23,27H,26H2,1-2H3. The molecule has 1 aliphatic heterocycles. The molecule has 0 aliphatic carbocycles. The van der Waals surface area contributed by atoms with Crippen LogP contribution in [0.5, 0.6) is 5.75 Å². The third-order valence-electron chi connectivity index (χ3n) is 5.22. The van der Waals surface area contributed by atoms with Gasteiger partial charge in [0.25, 0.3) is 5.91 Å². The number of hydrogen-bond donors (Lipinski definition) is 2. The first-order chi connectivity index (χ1) is 14.5. The van der Waals surface area contributed by atoms with Gasteiger partial charge in [-0.3, -0.25) is 9.80 Å². The number of nitrogens with two attached hydrogens (primary N) is 1. The van der Waals surface area contributed by atoms with Crippen molar-refractivity contribution in [3.05, 3.63) is 88.0 Å². The molecule has 1 heterocycles. The third kappa shape index (κ3) is 3.65. The molecule has 3 aromatic rings. The highest BCUT2D eigenvalue weighted by molar-refractivity contribution is 5.97. The normalized spacial score (nSPS) is 14.6. The van der Waals surface area contributed by atoms with Gasteiger partial charge in [0, 0.05) is 6.20 Å². The molecule has 1 unspecified atom stereocenters. The lowest BCUT2D eigenvalue weighted by Gasteiger charge is -2.27. The van der Waals surface area contributed by atoms with Crippen LogP contribution in [0.25, 0.3) is 23.4 Å². The van der Waals surface area contributed by atoms with Gasteiger partial charge >= 0.3 is 0 Å². The van der Waals surface area contributed by atoms with E-state index >= 15 is 0 Å². The van der Waals surface area contributed by atoms with Crippen LogP contribution in [-0.4, -0.2) is 24.2 Å². The molecule has 30 heavy (non-hydrogen) atoms. The lowest BCUT2D eigenvalue weighted by Crippen LogP contribution is -2.54. The molecule has 1 amide bonds. The minimum absolute atomic E-state index is 0.268. The number of methoxy groups -OCH3 is 1. The minimum atomic E-state index is -0.517. The number of amides is 1. The molecule has 0 aromatic heterocycles. The molecule has 0 spiro atoms. The van der Waals surface area contributed by atoms with E-state index in [2.05, 4.69) is 5.32 Å². The SMILES string of the molecule is COc1ccccc1C(=O)N(N)C1C=c2ccc(-c3cc(F)ccc3C)cc2=CN1. The first kappa shape index (κ1) is 19.7. The molecule has 1 aliphatic rings. The second-order valence-corrected chi connectivity index (χ2v) is 7.14. The number of hydrazine groups is 1. The molecule has 3 N–H and O–H groups in total. The fraction of sp³-hybridized carbons (Fsp3) is 0.125. The summed E-state index contributed by atoms with van der Waals surface area (Å²) < 4.78 is 19.0. The van der Waals surface area contributed by atoms with Gasteiger partial charge in [0.1, 0.15) is 17.7 Å². The summed E-state index contributed by atoms with van der Waals surface area (Å²) in [7, 11) is 1.51. The summed E-state index contributed by atoms with van der Waals surface area (Å²) in [6, 6.07) is 17.6. The molecule has 0 saturated carbocycles. The van der Waals surface area contributed by atoms with Crippen molar-refractivity contribution in [2.24, 2.45) is 5.84 Å². The zero-order chi connectivity index (χ0) is 21.3. The molecular weight excluding hydrogens is 381 g/mol. The van der Waals surface area contributed by atoms with E-state index in [1.54, 1.807) is 30.3 Å². The highest BCUT2D eigenvalue weighted by atomic mass is 19.1. The summed E-state index contributed by atoms with van der Waals surface area (Å²) in [5.74, 6) is 5.98. The average molecular weight is 403 g/mol. The molecule has 4 rings (SSSR count). The van der Waals surface area contributed by atoms with Crippen LogP contribution in [0.4, 0.5) is 4.39 Å². The number of rotatable bonds is 4. The van der Waals surface area contributed by atoms with E-state index in [0.29, 0.717) is 11.3 Å².